The summed E-state index contributed by atoms with van der Waals surface area (Å²) >= 11 is 3.36. The van der Waals surface area contributed by atoms with Crippen molar-refractivity contribution >= 4 is 33.3 Å². The topological polar surface area (TPSA) is 50.2 Å². The van der Waals surface area contributed by atoms with Crippen LogP contribution in [0.15, 0.2) is 59.2 Å². The fourth-order valence-corrected chi connectivity index (χ4v) is 4.79. The lowest BCUT2D eigenvalue weighted by Crippen LogP contribution is -2.38. The summed E-state index contributed by atoms with van der Waals surface area (Å²) in [5.74, 6) is -0.233. The van der Waals surface area contributed by atoms with Gasteiger partial charge in [-0.1, -0.05) is 46.3 Å². The van der Waals surface area contributed by atoms with Crippen molar-refractivity contribution < 1.29 is 18.0 Å². The lowest BCUT2D eigenvalue weighted by atomic mass is 9.96. The first-order chi connectivity index (χ1) is 15.3. The van der Waals surface area contributed by atoms with Gasteiger partial charge in [-0.25, -0.2) is 4.68 Å². The van der Waals surface area contributed by atoms with Gasteiger partial charge in [-0.05, 0) is 42.2 Å². The molecule has 5 rings (SSSR count). The number of rotatable bonds is 2. The van der Waals surface area contributed by atoms with Crippen molar-refractivity contribution in [3.63, 3.8) is 0 Å². The highest BCUT2D eigenvalue weighted by atomic mass is 79.9. The molecule has 9 heteroatoms. The quantitative estimate of drug-likeness (QED) is 0.472. The second kappa shape index (κ2) is 7.95. The van der Waals surface area contributed by atoms with E-state index in [1.54, 1.807) is 29.2 Å². The van der Waals surface area contributed by atoms with Crippen molar-refractivity contribution in [2.45, 2.75) is 37.5 Å². The van der Waals surface area contributed by atoms with Crippen LogP contribution in [0.25, 0.3) is 0 Å². The van der Waals surface area contributed by atoms with E-state index in [1.807, 2.05) is 24.3 Å². The molecule has 32 heavy (non-hydrogen) atoms. The molecule has 2 atom stereocenters. The van der Waals surface area contributed by atoms with Gasteiger partial charge in [0.05, 0.1) is 12.2 Å². The van der Waals surface area contributed by atoms with Crippen molar-refractivity contribution in [1.82, 2.24) is 9.78 Å². The average molecular weight is 505 g/mol. The molecule has 0 saturated heterocycles. The number of carbonyl (C=O) groups excluding carboxylic acids is 1. The maximum Gasteiger partial charge on any atom is 0.410 e. The van der Waals surface area contributed by atoms with Gasteiger partial charge in [-0.3, -0.25) is 4.79 Å². The highest BCUT2D eigenvalue weighted by Gasteiger charge is 2.47. The number of para-hydroxylation sites is 1. The molecule has 0 bridgehead atoms. The Kier molecular flexibility index (Phi) is 5.23. The fourth-order valence-electron chi connectivity index (χ4n) is 4.52. The average Bonchev–Trinajstić information content (AvgIpc) is 3.21. The maximum absolute atomic E-state index is 13.9. The zero-order valence-electron chi connectivity index (χ0n) is 16.9. The molecule has 1 amide bonds. The van der Waals surface area contributed by atoms with Crippen LogP contribution in [-0.2, 0) is 6.42 Å². The van der Waals surface area contributed by atoms with Gasteiger partial charge in [0.2, 0.25) is 0 Å². The standard InChI is InChI=1S/C23H20BrF3N4O/c24-16-9-7-14(8-10-16)18-12-20(23(25,26)27)31-21(29-18)17(13-28-31)22(32)30-11-3-5-15-4-1-2-6-19(15)30/h1-2,4,6-10,13,18,20,29H,3,5,11-12H2/t18-,20-/m0/s1. The Morgan fingerprint density at radius 3 is 2.62 bits per heavy atom. The van der Waals surface area contributed by atoms with Crippen LogP contribution < -0.4 is 10.2 Å². The van der Waals surface area contributed by atoms with Gasteiger partial charge in [0, 0.05) is 23.1 Å². The molecule has 0 radical (unpaired) electrons. The van der Waals surface area contributed by atoms with Gasteiger partial charge < -0.3 is 10.2 Å². The van der Waals surface area contributed by atoms with E-state index in [0.29, 0.717) is 6.54 Å². The van der Waals surface area contributed by atoms with Gasteiger partial charge in [0.15, 0.2) is 6.04 Å². The number of hydrogen-bond acceptors (Lipinski definition) is 3. The smallest absolute Gasteiger partial charge is 0.363 e. The Labute approximate surface area is 191 Å². The zero-order valence-corrected chi connectivity index (χ0v) is 18.5. The zero-order chi connectivity index (χ0) is 22.5. The Hall–Kier alpha value is -2.81. The first kappa shape index (κ1) is 21.1. The maximum atomic E-state index is 13.9. The Bertz CT molecular complexity index is 1160. The Morgan fingerprint density at radius 2 is 1.88 bits per heavy atom. The number of amides is 1. The summed E-state index contributed by atoms with van der Waals surface area (Å²) in [5, 5.41) is 7.16. The summed E-state index contributed by atoms with van der Waals surface area (Å²) in [7, 11) is 0. The number of benzene rings is 2. The SMILES string of the molecule is O=C(c1cnn2c1N[C@H](c1ccc(Br)cc1)C[C@H]2C(F)(F)F)N1CCCc2ccccc21. The molecule has 0 aliphatic carbocycles. The van der Waals surface area contributed by atoms with E-state index in [4.69, 9.17) is 0 Å². The summed E-state index contributed by atoms with van der Waals surface area (Å²) in [6.45, 7) is 0.513. The number of aryl methyl sites for hydroxylation is 1. The van der Waals surface area contributed by atoms with E-state index >= 15 is 0 Å². The van der Waals surface area contributed by atoms with Crippen molar-refractivity contribution in [1.29, 1.82) is 0 Å². The number of anilines is 2. The van der Waals surface area contributed by atoms with Crippen molar-refractivity contribution in [2.24, 2.45) is 0 Å². The van der Waals surface area contributed by atoms with Crippen LogP contribution >= 0.6 is 15.9 Å². The third-order valence-corrected chi connectivity index (χ3v) is 6.63. The summed E-state index contributed by atoms with van der Waals surface area (Å²) in [5.41, 5.74) is 2.73. The van der Waals surface area contributed by atoms with Crippen LogP contribution in [0, 0.1) is 0 Å². The number of hydrogen-bond donors (Lipinski definition) is 1. The molecule has 3 aromatic rings. The van der Waals surface area contributed by atoms with Gasteiger partial charge in [-0.15, -0.1) is 0 Å². The number of alkyl halides is 3. The van der Waals surface area contributed by atoms with Gasteiger partial charge in [0.1, 0.15) is 11.4 Å². The molecule has 1 aromatic heterocycles. The van der Waals surface area contributed by atoms with Gasteiger partial charge in [0.25, 0.3) is 5.91 Å². The van der Waals surface area contributed by atoms with Crippen LogP contribution in [0.3, 0.4) is 0 Å². The number of aromatic nitrogens is 2. The molecule has 166 valence electrons. The van der Waals surface area contributed by atoms with Crippen LogP contribution in [0.2, 0.25) is 0 Å². The molecule has 2 aliphatic heterocycles. The van der Waals surface area contributed by atoms with Crippen molar-refractivity contribution in [2.75, 3.05) is 16.8 Å². The summed E-state index contributed by atoms with van der Waals surface area (Å²) in [6.07, 6.45) is -1.78. The summed E-state index contributed by atoms with van der Waals surface area (Å²) < 4.78 is 43.6. The minimum atomic E-state index is -4.49. The lowest BCUT2D eigenvalue weighted by Gasteiger charge is -2.35. The summed E-state index contributed by atoms with van der Waals surface area (Å²) in [4.78, 5) is 15.1. The van der Waals surface area contributed by atoms with Crippen LogP contribution in [-0.4, -0.2) is 28.4 Å². The fraction of sp³-hybridized carbons (Fsp3) is 0.304. The Balaban J connectivity index is 1.54. The number of nitrogens with zero attached hydrogens (tertiary/aromatic N) is 3. The molecule has 0 unspecified atom stereocenters. The molecule has 2 aliphatic rings. The van der Waals surface area contributed by atoms with E-state index in [1.165, 1.54) is 6.20 Å². The molecule has 0 spiro atoms. The molecule has 1 N–H and O–H groups in total. The molecular formula is C23H20BrF3N4O. The number of halogens is 4. The molecule has 2 aromatic carbocycles. The second-order valence-corrected chi connectivity index (χ2v) is 9.00. The number of nitrogens with one attached hydrogen (secondary N) is 1. The second-order valence-electron chi connectivity index (χ2n) is 8.08. The number of fused-ring (bicyclic) bond motifs is 2. The van der Waals surface area contributed by atoms with E-state index < -0.39 is 18.3 Å². The minimum absolute atomic E-state index is 0.111. The van der Waals surface area contributed by atoms with Crippen molar-refractivity contribution in [3.8, 4) is 0 Å². The lowest BCUT2D eigenvalue weighted by molar-refractivity contribution is -0.173. The van der Waals surface area contributed by atoms with Crippen LogP contribution in [0.1, 0.15) is 46.4 Å². The summed E-state index contributed by atoms with van der Waals surface area (Å²) in [6, 6.07) is 12.4. The predicted octanol–water partition coefficient (Wildman–Crippen LogP) is 5.90. The molecule has 5 nitrogen and oxygen atoms in total. The molecule has 3 heterocycles. The largest absolute Gasteiger partial charge is 0.410 e. The highest BCUT2D eigenvalue weighted by molar-refractivity contribution is 9.10. The monoisotopic (exact) mass is 504 g/mol. The third kappa shape index (κ3) is 3.68. The molecular weight excluding hydrogens is 485 g/mol. The highest BCUT2D eigenvalue weighted by Crippen LogP contribution is 2.45. The van der Waals surface area contributed by atoms with Gasteiger partial charge in [-0.2, -0.15) is 18.3 Å². The molecule has 0 fully saturated rings. The number of carbonyl (C=O) groups is 1. The first-order valence-electron chi connectivity index (χ1n) is 10.4. The van der Waals surface area contributed by atoms with E-state index in [-0.39, 0.29) is 23.7 Å². The normalized spacial score (nSPS) is 20.3. The van der Waals surface area contributed by atoms with E-state index in [0.717, 1.165) is 38.8 Å². The van der Waals surface area contributed by atoms with Crippen LogP contribution in [0.4, 0.5) is 24.7 Å². The molecule has 0 saturated carbocycles. The third-order valence-electron chi connectivity index (χ3n) is 6.10. The van der Waals surface area contributed by atoms with E-state index in [2.05, 4.69) is 26.3 Å². The predicted molar refractivity (Wildman–Crippen MR) is 119 cm³/mol. The first-order valence-corrected chi connectivity index (χ1v) is 11.2. The van der Waals surface area contributed by atoms with Crippen LogP contribution in [0.5, 0.6) is 0 Å². The van der Waals surface area contributed by atoms with E-state index in [9.17, 15) is 18.0 Å². The minimum Gasteiger partial charge on any atom is -0.363 e. The Morgan fingerprint density at radius 1 is 1.12 bits per heavy atom. The van der Waals surface area contributed by atoms with Gasteiger partial charge >= 0.3 is 6.18 Å². The van der Waals surface area contributed by atoms with Crippen molar-refractivity contribution in [3.05, 3.63) is 75.9 Å².